The van der Waals surface area contributed by atoms with Crippen molar-refractivity contribution in [2.45, 2.75) is 6.54 Å². The number of carboxylic acids is 1. The molecule has 6 heteroatoms. The van der Waals surface area contributed by atoms with Crippen LogP contribution in [0.4, 0.5) is 0 Å². The van der Waals surface area contributed by atoms with Crippen molar-refractivity contribution >= 4 is 29.4 Å². The number of nitrogens with zero attached hydrogens (tertiary/aromatic N) is 1. The van der Waals surface area contributed by atoms with Crippen molar-refractivity contribution in [1.82, 2.24) is 4.90 Å². The van der Waals surface area contributed by atoms with Gasteiger partial charge in [0.15, 0.2) is 0 Å². The maximum absolute atomic E-state index is 12.3. The number of carbonyl (C=O) groups excluding carboxylic acids is 2. The molecule has 0 radical (unpaired) electrons. The fourth-order valence-electron chi connectivity index (χ4n) is 2.40. The zero-order valence-corrected chi connectivity index (χ0v) is 12.0. The van der Waals surface area contributed by atoms with Gasteiger partial charge in [-0.25, -0.2) is 4.79 Å². The summed E-state index contributed by atoms with van der Waals surface area (Å²) in [6, 6.07) is 11.0. The summed E-state index contributed by atoms with van der Waals surface area (Å²) in [5, 5.41) is 9.17. The van der Waals surface area contributed by atoms with Crippen LogP contribution in [0.3, 0.4) is 0 Å². The molecule has 0 aliphatic carbocycles. The molecule has 0 aromatic heterocycles. The van der Waals surface area contributed by atoms with Gasteiger partial charge in [-0.3, -0.25) is 14.5 Å². The second kappa shape index (κ2) is 5.27. The summed E-state index contributed by atoms with van der Waals surface area (Å²) in [7, 11) is 0. The summed E-state index contributed by atoms with van der Waals surface area (Å²) in [6.45, 7) is 0.00377. The number of carbonyl (C=O) groups is 3. The number of halogens is 1. The molecule has 0 saturated carbocycles. The first-order valence-electron chi connectivity index (χ1n) is 6.46. The molecule has 1 N–H and O–H groups in total. The SMILES string of the molecule is O=C(O)c1cc(CN2C(=O)c3ccccc3C2=O)ccc1Cl. The van der Waals surface area contributed by atoms with Gasteiger partial charge in [0, 0.05) is 0 Å². The molecule has 3 rings (SSSR count). The lowest BCUT2D eigenvalue weighted by molar-refractivity contribution is 0.0641. The topological polar surface area (TPSA) is 74.7 Å². The summed E-state index contributed by atoms with van der Waals surface area (Å²) >= 11 is 5.81. The fourth-order valence-corrected chi connectivity index (χ4v) is 2.60. The minimum absolute atomic E-state index is 0.00377. The lowest BCUT2D eigenvalue weighted by Crippen LogP contribution is -2.29. The van der Waals surface area contributed by atoms with E-state index in [0.717, 1.165) is 4.90 Å². The predicted molar refractivity (Wildman–Crippen MR) is 79.1 cm³/mol. The van der Waals surface area contributed by atoms with Crippen LogP contribution in [0.2, 0.25) is 5.02 Å². The van der Waals surface area contributed by atoms with Crippen molar-refractivity contribution in [3.05, 3.63) is 69.7 Å². The molecular formula is C16H10ClNO4. The molecule has 1 aliphatic rings. The average molecular weight is 316 g/mol. The molecular weight excluding hydrogens is 306 g/mol. The fraction of sp³-hybridized carbons (Fsp3) is 0.0625. The van der Waals surface area contributed by atoms with Crippen LogP contribution in [0.5, 0.6) is 0 Å². The molecule has 0 bridgehead atoms. The highest BCUT2D eigenvalue weighted by Crippen LogP contribution is 2.25. The zero-order valence-electron chi connectivity index (χ0n) is 11.2. The Hall–Kier alpha value is -2.66. The third-order valence-electron chi connectivity index (χ3n) is 3.48. The number of carboxylic acid groups (broad SMARTS) is 1. The van der Waals surface area contributed by atoms with E-state index in [0.29, 0.717) is 16.7 Å². The normalized spacial score (nSPS) is 13.4. The molecule has 1 aliphatic heterocycles. The van der Waals surface area contributed by atoms with E-state index in [9.17, 15) is 14.4 Å². The number of aromatic carboxylic acids is 1. The molecule has 0 spiro atoms. The second-order valence-electron chi connectivity index (χ2n) is 4.86. The molecule has 2 aromatic rings. The molecule has 0 saturated heterocycles. The number of hydrogen-bond donors (Lipinski definition) is 1. The van der Waals surface area contributed by atoms with Gasteiger partial charge in [0.25, 0.3) is 11.8 Å². The van der Waals surface area contributed by atoms with Crippen molar-refractivity contribution in [2.24, 2.45) is 0 Å². The Balaban J connectivity index is 1.92. The van der Waals surface area contributed by atoms with E-state index < -0.39 is 5.97 Å². The summed E-state index contributed by atoms with van der Waals surface area (Å²) < 4.78 is 0. The van der Waals surface area contributed by atoms with E-state index in [2.05, 4.69) is 0 Å². The smallest absolute Gasteiger partial charge is 0.337 e. The van der Waals surface area contributed by atoms with E-state index in [-0.39, 0.29) is 28.9 Å². The third-order valence-corrected chi connectivity index (χ3v) is 3.81. The van der Waals surface area contributed by atoms with Gasteiger partial charge in [-0.05, 0) is 29.8 Å². The quantitative estimate of drug-likeness (QED) is 0.884. The van der Waals surface area contributed by atoms with Gasteiger partial charge in [0.1, 0.15) is 0 Å². The van der Waals surface area contributed by atoms with Crippen LogP contribution in [-0.2, 0) is 6.54 Å². The molecule has 22 heavy (non-hydrogen) atoms. The first kappa shape index (κ1) is 14.3. The molecule has 1 heterocycles. The van der Waals surface area contributed by atoms with Crippen LogP contribution in [0.25, 0.3) is 0 Å². The predicted octanol–water partition coefficient (Wildman–Crippen LogP) is 2.83. The summed E-state index contributed by atoms with van der Waals surface area (Å²) in [4.78, 5) is 36.7. The number of fused-ring (bicyclic) bond motifs is 1. The van der Waals surface area contributed by atoms with Gasteiger partial charge in [0.05, 0.1) is 28.3 Å². The van der Waals surface area contributed by atoms with Gasteiger partial charge in [0.2, 0.25) is 0 Å². The van der Waals surface area contributed by atoms with Crippen LogP contribution < -0.4 is 0 Å². The van der Waals surface area contributed by atoms with Gasteiger partial charge in [-0.2, -0.15) is 0 Å². The van der Waals surface area contributed by atoms with Gasteiger partial charge in [-0.1, -0.05) is 29.8 Å². The maximum atomic E-state index is 12.3. The van der Waals surface area contributed by atoms with Crippen molar-refractivity contribution in [3.63, 3.8) is 0 Å². The lowest BCUT2D eigenvalue weighted by Gasteiger charge is -2.14. The minimum Gasteiger partial charge on any atom is -0.478 e. The Morgan fingerprint density at radius 3 is 2.18 bits per heavy atom. The Bertz CT molecular complexity index is 781. The first-order chi connectivity index (χ1) is 10.5. The highest BCUT2D eigenvalue weighted by Gasteiger charge is 2.35. The van der Waals surface area contributed by atoms with E-state index in [1.165, 1.54) is 12.1 Å². The van der Waals surface area contributed by atoms with Crippen LogP contribution in [0.15, 0.2) is 42.5 Å². The number of hydrogen-bond acceptors (Lipinski definition) is 3. The molecule has 5 nitrogen and oxygen atoms in total. The standard InChI is InChI=1S/C16H10ClNO4/c17-13-6-5-9(7-12(13)16(21)22)8-18-14(19)10-3-1-2-4-11(10)15(18)20/h1-7H,8H2,(H,21,22). The Kier molecular flexibility index (Phi) is 3.42. The van der Waals surface area contributed by atoms with Crippen molar-refractivity contribution < 1.29 is 19.5 Å². The van der Waals surface area contributed by atoms with Crippen LogP contribution in [0.1, 0.15) is 36.6 Å². The Morgan fingerprint density at radius 1 is 1.05 bits per heavy atom. The molecule has 2 amide bonds. The number of amides is 2. The van der Waals surface area contributed by atoms with Crippen molar-refractivity contribution in [3.8, 4) is 0 Å². The number of imide groups is 1. The minimum atomic E-state index is -1.16. The summed E-state index contributed by atoms with van der Waals surface area (Å²) in [5.74, 6) is -1.92. The van der Waals surface area contributed by atoms with Gasteiger partial charge in [-0.15, -0.1) is 0 Å². The highest BCUT2D eigenvalue weighted by atomic mass is 35.5. The van der Waals surface area contributed by atoms with Crippen LogP contribution >= 0.6 is 11.6 Å². The van der Waals surface area contributed by atoms with Crippen molar-refractivity contribution in [2.75, 3.05) is 0 Å². The number of rotatable bonds is 3. The molecule has 0 fully saturated rings. The largest absolute Gasteiger partial charge is 0.478 e. The van der Waals surface area contributed by atoms with E-state index in [1.54, 1.807) is 30.3 Å². The Labute approximate surface area is 130 Å². The monoisotopic (exact) mass is 315 g/mol. The van der Waals surface area contributed by atoms with Gasteiger partial charge >= 0.3 is 5.97 Å². The molecule has 2 aromatic carbocycles. The van der Waals surface area contributed by atoms with Crippen molar-refractivity contribution in [1.29, 1.82) is 0 Å². The van der Waals surface area contributed by atoms with Gasteiger partial charge < -0.3 is 5.11 Å². The van der Waals surface area contributed by atoms with E-state index in [1.807, 2.05) is 0 Å². The third kappa shape index (κ3) is 2.25. The second-order valence-corrected chi connectivity index (χ2v) is 5.27. The maximum Gasteiger partial charge on any atom is 0.337 e. The van der Waals surface area contributed by atoms with E-state index in [4.69, 9.17) is 16.7 Å². The molecule has 110 valence electrons. The first-order valence-corrected chi connectivity index (χ1v) is 6.84. The molecule has 0 unspecified atom stereocenters. The van der Waals surface area contributed by atoms with Crippen LogP contribution in [-0.4, -0.2) is 27.8 Å². The Morgan fingerprint density at radius 2 is 1.64 bits per heavy atom. The number of benzene rings is 2. The lowest BCUT2D eigenvalue weighted by atomic mass is 10.1. The molecule has 0 atom stereocenters. The average Bonchev–Trinajstić information content (AvgIpc) is 2.74. The van der Waals surface area contributed by atoms with Crippen LogP contribution in [0, 0.1) is 0 Å². The highest BCUT2D eigenvalue weighted by molar-refractivity contribution is 6.33. The van der Waals surface area contributed by atoms with E-state index >= 15 is 0 Å². The summed E-state index contributed by atoms with van der Waals surface area (Å²) in [5.41, 5.74) is 1.19. The summed E-state index contributed by atoms with van der Waals surface area (Å²) in [6.07, 6.45) is 0. The zero-order chi connectivity index (χ0) is 15.9.